The zero-order valence-electron chi connectivity index (χ0n) is 12.7. The van der Waals surface area contributed by atoms with E-state index in [9.17, 15) is 13.2 Å². The molecule has 3 rings (SSSR count). The lowest BCUT2D eigenvalue weighted by Gasteiger charge is -2.18. The third kappa shape index (κ3) is 4.00. The zero-order chi connectivity index (χ0) is 18.2. The Morgan fingerprint density at radius 1 is 1.12 bits per heavy atom. The molecule has 0 bridgehead atoms. The first-order valence-electron chi connectivity index (χ1n) is 7.21. The van der Waals surface area contributed by atoms with Gasteiger partial charge in [-0.1, -0.05) is 34.8 Å². The maximum absolute atomic E-state index is 12.4. The van der Waals surface area contributed by atoms with Gasteiger partial charge < -0.3 is 5.32 Å². The van der Waals surface area contributed by atoms with Crippen molar-refractivity contribution in [3.8, 4) is 0 Å². The van der Waals surface area contributed by atoms with Gasteiger partial charge in [0.15, 0.2) is 0 Å². The quantitative estimate of drug-likeness (QED) is 0.765. The molecule has 0 unspecified atom stereocenters. The summed E-state index contributed by atoms with van der Waals surface area (Å²) in [5, 5.41) is 3.08. The van der Waals surface area contributed by atoms with Gasteiger partial charge in [-0.15, -0.1) is 0 Å². The lowest BCUT2D eigenvalue weighted by Crippen LogP contribution is -2.25. The van der Waals surface area contributed by atoms with Gasteiger partial charge in [-0.3, -0.25) is 9.10 Å². The van der Waals surface area contributed by atoms with E-state index in [2.05, 4.69) is 10.3 Å². The Morgan fingerprint density at radius 3 is 2.40 bits per heavy atom. The van der Waals surface area contributed by atoms with Crippen LogP contribution in [-0.4, -0.2) is 31.6 Å². The van der Waals surface area contributed by atoms with Gasteiger partial charge in [0.05, 0.1) is 22.2 Å². The second-order valence-corrected chi connectivity index (χ2v) is 8.56. The number of sulfonamides is 1. The molecule has 6 nitrogen and oxygen atoms in total. The van der Waals surface area contributed by atoms with Crippen LogP contribution in [0.1, 0.15) is 16.8 Å². The monoisotopic (exact) mass is 419 g/mol. The molecule has 132 valence electrons. The van der Waals surface area contributed by atoms with E-state index >= 15 is 0 Å². The number of amides is 1. The predicted molar refractivity (Wildman–Crippen MR) is 99.4 cm³/mol. The molecule has 2 heterocycles. The molecule has 1 amide bonds. The number of pyridine rings is 1. The highest BCUT2D eigenvalue weighted by Gasteiger charge is 2.28. The highest BCUT2D eigenvalue weighted by molar-refractivity contribution is 7.93. The number of hydrogen-bond donors (Lipinski definition) is 1. The summed E-state index contributed by atoms with van der Waals surface area (Å²) in [4.78, 5) is 16.2. The van der Waals surface area contributed by atoms with Crippen LogP contribution in [0.5, 0.6) is 0 Å². The zero-order valence-corrected chi connectivity index (χ0v) is 15.8. The number of rotatable bonds is 3. The number of carbonyl (C=O) groups is 1. The molecule has 0 radical (unpaired) electrons. The van der Waals surface area contributed by atoms with Gasteiger partial charge in [-0.2, -0.15) is 0 Å². The average molecular weight is 421 g/mol. The first-order chi connectivity index (χ1) is 11.8. The third-order valence-corrected chi connectivity index (χ3v) is 6.20. The second-order valence-electron chi connectivity index (χ2n) is 5.36. The number of halogens is 3. The van der Waals surface area contributed by atoms with Crippen molar-refractivity contribution in [2.45, 2.75) is 6.42 Å². The summed E-state index contributed by atoms with van der Waals surface area (Å²) in [5.41, 5.74) is 0.943. The van der Waals surface area contributed by atoms with Gasteiger partial charge in [0, 0.05) is 12.1 Å². The maximum atomic E-state index is 12.4. The van der Waals surface area contributed by atoms with Crippen LogP contribution >= 0.6 is 34.8 Å². The molecule has 2 aromatic rings. The van der Waals surface area contributed by atoms with Crippen LogP contribution in [0, 0.1) is 0 Å². The Bertz CT molecular complexity index is 930. The van der Waals surface area contributed by atoms with Crippen LogP contribution in [-0.2, 0) is 10.0 Å². The highest BCUT2D eigenvalue weighted by atomic mass is 35.5. The minimum Gasteiger partial charge on any atom is -0.321 e. The molecule has 1 saturated heterocycles. The van der Waals surface area contributed by atoms with Crippen molar-refractivity contribution in [3.05, 3.63) is 51.2 Å². The molecule has 1 N–H and O–H groups in total. The smallest absolute Gasteiger partial charge is 0.255 e. The normalized spacial score (nSPS) is 16.0. The Balaban J connectivity index is 1.90. The second kappa shape index (κ2) is 6.99. The minimum absolute atomic E-state index is 0.0839. The van der Waals surface area contributed by atoms with Crippen molar-refractivity contribution < 1.29 is 13.2 Å². The Labute approximate surface area is 159 Å². The third-order valence-electron chi connectivity index (χ3n) is 3.61. The van der Waals surface area contributed by atoms with Crippen LogP contribution in [0.4, 0.5) is 11.4 Å². The number of hydrogen-bond acceptors (Lipinski definition) is 4. The molecule has 1 aromatic carbocycles. The number of carbonyl (C=O) groups excluding carboxylic acids is 1. The van der Waals surface area contributed by atoms with Crippen molar-refractivity contribution in [3.63, 3.8) is 0 Å². The van der Waals surface area contributed by atoms with E-state index < -0.39 is 15.9 Å². The van der Waals surface area contributed by atoms with Crippen molar-refractivity contribution in [1.29, 1.82) is 0 Å². The number of nitrogens with one attached hydrogen (secondary N) is 1. The van der Waals surface area contributed by atoms with Crippen LogP contribution in [0.15, 0.2) is 30.3 Å². The van der Waals surface area contributed by atoms with E-state index in [0.717, 1.165) is 0 Å². The molecule has 1 aliphatic rings. The average Bonchev–Trinajstić information content (AvgIpc) is 2.88. The Hall–Kier alpha value is -1.54. The fraction of sp³-hybridized carbons (Fsp3) is 0.200. The fourth-order valence-corrected chi connectivity index (χ4v) is 4.67. The van der Waals surface area contributed by atoms with Gasteiger partial charge in [-0.05, 0) is 36.8 Å². The minimum atomic E-state index is -3.33. The molecule has 1 aromatic heterocycles. The topological polar surface area (TPSA) is 79.4 Å². The maximum Gasteiger partial charge on any atom is 0.255 e. The molecule has 10 heteroatoms. The highest BCUT2D eigenvalue weighted by Crippen LogP contribution is 2.31. The van der Waals surface area contributed by atoms with Crippen molar-refractivity contribution in [2.75, 3.05) is 21.9 Å². The molecule has 0 aliphatic carbocycles. The van der Waals surface area contributed by atoms with Crippen molar-refractivity contribution in [1.82, 2.24) is 4.98 Å². The molecule has 0 spiro atoms. The molecular weight excluding hydrogens is 409 g/mol. The first-order valence-corrected chi connectivity index (χ1v) is 9.95. The van der Waals surface area contributed by atoms with Gasteiger partial charge >= 0.3 is 0 Å². The number of anilines is 2. The van der Waals surface area contributed by atoms with Crippen LogP contribution in [0.2, 0.25) is 15.3 Å². The number of nitrogens with zero attached hydrogens (tertiary/aromatic N) is 2. The summed E-state index contributed by atoms with van der Waals surface area (Å²) < 4.78 is 25.4. The molecule has 25 heavy (non-hydrogen) atoms. The van der Waals surface area contributed by atoms with Gasteiger partial charge in [0.1, 0.15) is 10.3 Å². The predicted octanol–water partition coefficient (Wildman–Crippen LogP) is 3.83. The molecule has 0 saturated carbocycles. The van der Waals surface area contributed by atoms with E-state index in [4.69, 9.17) is 34.8 Å². The lowest BCUT2D eigenvalue weighted by atomic mass is 10.2. The summed E-state index contributed by atoms with van der Waals surface area (Å²) in [6.45, 7) is 0.396. The van der Waals surface area contributed by atoms with Crippen LogP contribution < -0.4 is 9.62 Å². The van der Waals surface area contributed by atoms with Gasteiger partial charge in [-0.25, -0.2) is 13.4 Å². The lowest BCUT2D eigenvalue weighted by molar-refractivity contribution is 0.102. The summed E-state index contributed by atoms with van der Waals surface area (Å²) in [7, 11) is -3.33. The Kier molecular flexibility index (Phi) is 5.11. The van der Waals surface area contributed by atoms with E-state index in [-0.39, 0.29) is 32.3 Å². The van der Waals surface area contributed by atoms with E-state index in [1.54, 1.807) is 6.07 Å². The fourth-order valence-electron chi connectivity index (χ4n) is 2.48. The molecule has 1 fully saturated rings. The van der Waals surface area contributed by atoms with Gasteiger partial charge in [0.25, 0.3) is 5.91 Å². The summed E-state index contributed by atoms with van der Waals surface area (Å²) >= 11 is 17.7. The first kappa shape index (κ1) is 18.3. The van der Waals surface area contributed by atoms with Crippen molar-refractivity contribution >= 4 is 62.1 Å². The summed E-state index contributed by atoms with van der Waals surface area (Å²) in [6, 6.07) is 7.39. The van der Waals surface area contributed by atoms with E-state index in [1.165, 1.54) is 28.6 Å². The standard InChI is InChI=1S/C15H12Cl3N3O3S/c16-11-3-2-10(21-4-1-5-25(21,23)24)8-12(11)19-15(22)9-6-13(17)20-14(18)7-9/h2-3,6-8H,1,4-5H2,(H,19,22). The number of benzene rings is 1. The van der Waals surface area contributed by atoms with Crippen LogP contribution in [0.25, 0.3) is 0 Å². The molecule has 1 aliphatic heterocycles. The SMILES string of the molecule is O=C(Nc1cc(N2CCCS2(=O)=O)ccc1Cl)c1cc(Cl)nc(Cl)c1. The van der Waals surface area contributed by atoms with Crippen LogP contribution in [0.3, 0.4) is 0 Å². The van der Waals surface area contributed by atoms with E-state index in [0.29, 0.717) is 18.7 Å². The molecule has 0 atom stereocenters. The summed E-state index contributed by atoms with van der Waals surface area (Å²) in [6.07, 6.45) is 0.556. The Morgan fingerprint density at radius 2 is 1.80 bits per heavy atom. The molecular formula is C15H12Cl3N3O3S. The van der Waals surface area contributed by atoms with Gasteiger partial charge in [0.2, 0.25) is 10.0 Å². The van der Waals surface area contributed by atoms with Crippen molar-refractivity contribution in [2.24, 2.45) is 0 Å². The largest absolute Gasteiger partial charge is 0.321 e. The number of aromatic nitrogens is 1. The van der Waals surface area contributed by atoms with E-state index in [1.807, 2.05) is 0 Å². The summed E-state index contributed by atoms with van der Waals surface area (Å²) in [5.74, 6) is -0.389.